The fourth-order valence-electron chi connectivity index (χ4n) is 1.11. The quantitative estimate of drug-likeness (QED) is 0.570. The standard InChI is InChI=1S/C9H21NO/c1-9(6-7-10-2)5-4-8-11-3/h9-10H,4-8H2,1-3H3. The van der Waals surface area contributed by atoms with E-state index in [9.17, 15) is 0 Å². The van der Waals surface area contributed by atoms with Crippen LogP contribution >= 0.6 is 0 Å². The van der Waals surface area contributed by atoms with E-state index in [1.54, 1.807) is 7.11 Å². The average Bonchev–Trinajstić information content (AvgIpc) is 2.01. The normalized spacial score (nSPS) is 13.4. The van der Waals surface area contributed by atoms with Crippen LogP contribution in [0.3, 0.4) is 0 Å². The van der Waals surface area contributed by atoms with E-state index < -0.39 is 0 Å². The molecule has 0 aromatic carbocycles. The molecule has 0 radical (unpaired) electrons. The highest BCUT2D eigenvalue weighted by molar-refractivity contribution is 4.54. The third-order valence-electron chi connectivity index (χ3n) is 1.93. The summed E-state index contributed by atoms with van der Waals surface area (Å²) in [6.07, 6.45) is 3.76. The van der Waals surface area contributed by atoms with Crippen LogP contribution in [0.15, 0.2) is 0 Å². The summed E-state index contributed by atoms with van der Waals surface area (Å²) in [5.41, 5.74) is 0. The Kier molecular flexibility index (Phi) is 7.96. The lowest BCUT2D eigenvalue weighted by Gasteiger charge is -2.09. The van der Waals surface area contributed by atoms with Crippen LogP contribution in [0.5, 0.6) is 0 Å². The molecule has 0 aliphatic carbocycles. The number of nitrogens with one attached hydrogen (secondary N) is 1. The molecular weight excluding hydrogens is 138 g/mol. The van der Waals surface area contributed by atoms with Gasteiger partial charge in [-0.25, -0.2) is 0 Å². The van der Waals surface area contributed by atoms with Crippen molar-refractivity contribution in [3.8, 4) is 0 Å². The Hall–Kier alpha value is -0.0800. The van der Waals surface area contributed by atoms with E-state index in [2.05, 4.69) is 12.2 Å². The highest BCUT2D eigenvalue weighted by Crippen LogP contribution is 2.08. The van der Waals surface area contributed by atoms with Gasteiger partial charge >= 0.3 is 0 Å². The molecule has 0 spiro atoms. The third kappa shape index (κ3) is 7.82. The van der Waals surface area contributed by atoms with Gasteiger partial charge in [-0.3, -0.25) is 0 Å². The molecular formula is C9H21NO. The zero-order valence-electron chi connectivity index (χ0n) is 8.02. The summed E-state index contributed by atoms with van der Waals surface area (Å²) >= 11 is 0. The Labute approximate surface area is 70.3 Å². The molecule has 0 bridgehead atoms. The SMILES string of the molecule is CNCCC(C)CCCOC. The van der Waals surface area contributed by atoms with E-state index in [4.69, 9.17) is 4.74 Å². The molecule has 0 aromatic rings. The lowest BCUT2D eigenvalue weighted by atomic mass is 10.0. The molecule has 2 nitrogen and oxygen atoms in total. The number of hydrogen-bond donors (Lipinski definition) is 1. The van der Waals surface area contributed by atoms with Gasteiger partial charge in [0.25, 0.3) is 0 Å². The summed E-state index contributed by atoms with van der Waals surface area (Å²) in [5, 5.41) is 3.16. The van der Waals surface area contributed by atoms with Crippen molar-refractivity contribution >= 4 is 0 Å². The predicted octanol–water partition coefficient (Wildman–Crippen LogP) is 1.66. The smallest absolute Gasteiger partial charge is 0.0462 e. The van der Waals surface area contributed by atoms with Crippen LogP contribution in [0.1, 0.15) is 26.2 Å². The number of ether oxygens (including phenoxy) is 1. The first-order chi connectivity index (χ1) is 5.31. The molecule has 0 saturated carbocycles. The molecule has 0 amide bonds. The molecule has 0 rings (SSSR count). The van der Waals surface area contributed by atoms with Gasteiger partial charge in [-0.1, -0.05) is 6.92 Å². The molecule has 2 heteroatoms. The van der Waals surface area contributed by atoms with Gasteiger partial charge in [0.05, 0.1) is 0 Å². The lowest BCUT2D eigenvalue weighted by Crippen LogP contribution is -2.11. The maximum Gasteiger partial charge on any atom is 0.0462 e. The zero-order chi connectivity index (χ0) is 8.53. The van der Waals surface area contributed by atoms with Gasteiger partial charge in [-0.15, -0.1) is 0 Å². The molecule has 0 aliphatic heterocycles. The highest BCUT2D eigenvalue weighted by Gasteiger charge is 1.99. The van der Waals surface area contributed by atoms with E-state index in [-0.39, 0.29) is 0 Å². The van der Waals surface area contributed by atoms with Crippen LogP contribution < -0.4 is 5.32 Å². The topological polar surface area (TPSA) is 21.3 Å². The summed E-state index contributed by atoms with van der Waals surface area (Å²) in [6, 6.07) is 0. The summed E-state index contributed by atoms with van der Waals surface area (Å²) < 4.78 is 4.98. The fraction of sp³-hybridized carbons (Fsp3) is 1.00. The average molecular weight is 159 g/mol. The van der Waals surface area contributed by atoms with Crippen molar-refractivity contribution in [1.82, 2.24) is 5.32 Å². The highest BCUT2D eigenvalue weighted by atomic mass is 16.5. The second kappa shape index (κ2) is 8.02. The monoisotopic (exact) mass is 159 g/mol. The van der Waals surface area contributed by atoms with E-state index in [0.29, 0.717) is 0 Å². The molecule has 0 fully saturated rings. The van der Waals surface area contributed by atoms with Crippen LogP contribution in [0.2, 0.25) is 0 Å². The zero-order valence-corrected chi connectivity index (χ0v) is 8.02. The van der Waals surface area contributed by atoms with Gasteiger partial charge in [-0.2, -0.15) is 0 Å². The Morgan fingerprint density at radius 3 is 2.64 bits per heavy atom. The van der Waals surface area contributed by atoms with Gasteiger partial charge in [0.15, 0.2) is 0 Å². The van der Waals surface area contributed by atoms with E-state index in [1.165, 1.54) is 19.3 Å². The number of rotatable bonds is 7. The van der Waals surface area contributed by atoms with Crippen LogP contribution in [-0.4, -0.2) is 27.3 Å². The Bertz CT molecular complexity index is 76.0. The molecule has 0 saturated heterocycles. The molecule has 1 unspecified atom stereocenters. The van der Waals surface area contributed by atoms with Crippen LogP contribution in [0.25, 0.3) is 0 Å². The lowest BCUT2D eigenvalue weighted by molar-refractivity contribution is 0.187. The Balaban J connectivity index is 3.02. The van der Waals surface area contributed by atoms with Crippen molar-refractivity contribution in [2.24, 2.45) is 5.92 Å². The second-order valence-corrected chi connectivity index (χ2v) is 3.13. The minimum Gasteiger partial charge on any atom is -0.385 e. The molecule has 11 heavy (non-hydrogen) atoms. The molecule has 0 aliphatic rings. The summed E-state index contributed by atoms with van der Waals surface area (Å²) in [6.45, 7) is 4.34. The van der Waals surface area contributed by atoms with Gasteiger partial charge < -0.3 is 10.1 Å². The molecule has 1 atom stereocenters. The maximum absolute atomic E-state index is 4.98. The first-order valence-corrected chi connectivity index (χ1v) is 4.44. The molecule has 1 N–H and O–H groups in total. The third-order valence-corrected chi connectivity index (χ3v) is 1.93. The molecule has 68 valence electrons. The minimum absolute atomic E-state index is 0.831. The van der Waals surface area contributed by atoms with Crippen molar-refractivity contribution in [2.45, 2.75) is 26.2 Å². The summed E-state index contributed by atoms with van der Waals surface area (Å²) in [7, 11) is 3.76. The van der Waals surface area contributed by atoms with Crippen molar-refractivity contribution in [1.29, 1.82) is 0 Å². The van der Waals surface area contributed by atoms with Crippen molar-refractivity contribution in [3.05, 3.63) is 0 Å². The van der Waals surface area contributed by atoms with E-state index >= 15 is 0 Å². The fourth-order valence-corrected chi connectivity index (χ4v) is 1.11. The van der Waals surface area contributed by atoms with E-state index in [1.807, 2.05) is 7.05 Å². The Morgan fingerprint density at radius 2 is 2.09 bits per heavy atom. The van der Waals surface area contributed by atoms with Crippen molar-refractivity contribution in [3.63, 3.8) is 0 Å². The van der Waals surface area contributed by atoms with Gasteiger partial charge in [0, 0.05) is 13.7 Å². The van der Waals surface area contributed by atoms with Crippen LogP contribution in [-0.2, 0) is 4.74 Å². The van der Waals surface area contributed by atoms with E-state index in [0.717, 1.165) is 19.1 Å². The van der Waals surface area contributed by atoms with Gasteiger partial charge in [0.1, 0.15) is 0 Å². The number of hydrogen-bond acceptors (Lipinski definition) is 2. The largest absolute Gasteiger partial charge is 0.385 e. The predicted molar refractivity (Wildman–Crippen MR) is 48.8 cm³/mol. The van der Waals surface area contributed by atoms with Crippen LogP contribution in [0, 0.1) is 5.92 Å². The maximum atomic E-state index is 4.98. The first-order valence-electron chi connectivity index (χ1n) is 4.44. The van der Waals surface area contributed by atoms with Crippen LogP contribution in [0.4, 0.5) is 0 Å². The van der Waals surface area contributed by atoms with Gasteiger partial charge in [0.2, 0.25) is 0 Å². The van der Waals surface area contributed by atoms with Crippen molar-refractivity contribution < 1.29 is 4.74 Å². The second-order valence-electron chi connectivity index (χ2n) is 3.13. The molecule has 0 heterocycles. The Morgan fingerprint density at radius 1 is 1.36 bits per heavy atom. The van der Waals surface area contributed by atoms with Gasteiger partial charge in [-0.05, 0) is 38.8 Å². The summed E-state index contributed by atoms with van der Waals surface area (Å²) in [4.78, 5) is 0. The number of methoxy groups -OCH3 is 1. The first kappa shape index (κ1) is 10.9. The minimum atomic E-state index is 0.831. The molecule has 0 aromatic heterocycles. The van der Waals surface area contributed by atoms with Crippen molar-refractivity contribution in [2.75, 3.05) is 27.3 Å². The summed E-state index contributed by atoms with van der Waals surface area (Å²) in [5.74, 6) is 0.831.